The number of nitrogens with two attached hydrogens (primary N) is 1. The van der Waals surface area contributed by atoms with E-state index in [1.54, 1.807) is 0 Å². The van der Waals surface area contributed by atoms with E-state index in [1.165, 1.54) is 38.5 Å². The quantitative estimate of drug-likeness (QED) is 0.336. The van der Waals surface area contributed by atoms with Crippen LogP contribution in [0.3, 0.4) is 0 Å². The third kappa shape index (κ3) is 4.56. The Balaban J connectivity index is 1.98. The second kappa shape index (κ2) is 6.84. The summed E-state index contributed by atoms with van der Waals surface area (Å²) in [7, 11) is 0. The Hall–Kier alpha value is -0.420. The molecule has 110 valence electrons. The number of rotatable bonds is 1. The summed E-state index contributed by atoms with van der Waals surface area (Å²) in [5, 5.41) is 0. The van der Waals surface area contributed by atoms with Crippen LogP contribution in [-0.4, -0.2) is 40.5 Å². The van der Waals surface area contributed by atoms with E-state index >= 15 is 0 Å². The van der Waals surface area contributed by atoms with Crippen LogP contribution in [0.1, 0.15) is 52.4 Å². The van der Waals surface area contributed by atoms with Crippen LogP contribution in [0.15, 0.2) is 4.99 Å². The van der Waals surface area contributed by atoms with E-state index in [4.69, 9.17) is 10.8 Å². The van der Waals surface area contributed by atoms with Gasteiger partial charge in [0.2, 0.25) is 5.96 Å². The molecule has 0 atom stereocenters. The van der Waals surface area contributed by atoms with Gasteiger partial charge in [0.15, 0.2) is 0 Å². The number of hydrazine groups is 1. The van der Waals surface area contributed by atoms with Crippen LogP contribution in [0, 0.1) is 0 Å². The van der Waals surface area contributed by atoms with Crippen LogP contribution in [0.25, 0.3) is 0 Å². The van der Waals surface area contributed by atoms with Crippen molar-refractivity contribution in [1.29, 1.82) is 0 Å². The molecule has 0 bridgehead atoms. The van der Waals surface area contributed by atoms with E-state index in [0.717, 1.165) is 24.8 Å². The summed E-state index contributed by atoms with van der Waals surface area (Å²) in [5.41, 5.74) is 2.84. The maximum atomic E-state index is 5.71. The third-order valence-corrected chi connectivity index (χ3v) is 5.52. The first kappa shape index (κ1) is 15.0. The van der Waals surface area contributed by atoms with Crippen molar-refractivity contribution in [2.75, 3.05) is 18.8 Å². The summed E-state index contributed by atoms with van der Waals surface area (Å²) in [6.07, 6.45) is 7.62. The molecule has 3 N–H and O–H groups in total. The van der Waals surface area contributed by atoms with Crippen LogP contribution in [0.5, 0.6) is 0 Å². The van der Waals surface area contributed by atoms with E-state index in [0.29, 0.717) is 10.8 Å². The Morgan fingerprint density at radius 3 is 2.68 bits per heavy atom. The topological polar surface area (TPSA) is 53.6 Å². The van der Waals surface area contributed by atoms with E-state index < -0.39 is 0 Å². The summed E-state index contributed by atoms with van der Waals surface area (Å²) < 4.78 is 0.374. The van der Waals surface area contributed by atoms with E-state index in [2.05, 4.69) is 35.9 Å². The van der Waals surface area contributed by atoms with Crippen molar-refractivity contribution in [1.82, 2.24) is 10.3 Å². The Kier molecular flexibility index (Phi) is 5.39. The number of thioether (sulfide) groups is 1. The van der Waals surface area contributed by atoms with Crippen molar-refractivity contribution >= 4 is 17.7 Å². The molecule has 0 unspecified atom stereocenters. The maximum Gasteiger partial charge on any atom is 0.208 e. The van der Waals surface area contributed by atoms with Gasteiger partial charge in [0.25, 0.3) is 0 Å². The summed E-state index contributed by atoms with van der Waals surface area (Å²) >= 11 is 2.05. The fourth-order valence-electron chi connectivity index (χ4n) is 2.83. The van der Waals surface area contributed by atoms with Crippen LogP contribution < -0.4 is 11.3 Å². The third-order valence-electron chi connectivity index (χ3n) is 4.15. The molecule has 19 heavy (non-hydrogen) atoms. The van der Waals surface area contributed by atoms with Gasteiger partial charge in [0.1, 0.15) is 0 Å². The molecular weight excluding hydrogens is 256 g/mol. The Morgan fingerprint density at radius 2 is 2.00 bits per heavy atom. The number of guanidine groups is 1. The second-order valence-electron chi connectivity index (χ2n) is 6.23. The van der Waals surface area contributed by atoms with Crippen molar-refractivity contribution in [2.24, 2.45) is 10.8 Å². The minimum absolute atomic E-state index is 0.374. The number of nitrogens with one attached hydrogen (secondary N) is 1. The molecule has 2 fully saturated rings. The molecular formula is C14H28N4S. The molecule has 0 aromatic rings. The SMILES string of the molecule is CC1(C)CCN(C(=NC2CCCCC2)NN)CCS1. The highest BCUT2D eigenvalue weighted by Crippen LogP contribution is 2.30. The van der Waals surface area contributed by atoms with Crippen molar-refractivity contribution in [3.05, 3.63) is 0 Å². The fourth-order valence-corrected chi connectivity index (χ4v) is 3.93. The highest BCUT2D eigenvalue weighted by atomic mass is 32.2. The lowest BCUT2D eigenvalue weighted by molar-refractivity contribution is 0.392. The van der Waals surface area contributed by atoms with E-state index in [1.807, 2.05) is 0 Å². The van der Waals surface area contributed by atoms with E-state index in [-0.39, 0.29) is 0 Å². The van der Waals surface area contributed by atoms with Gasteiger partial charge in [-0.3, -0.25) is 5.43 Å². The molecule has 4 nitrogen and oxygen atoms in total. The normalized spacial score (nSPS) is 26.1. The molecule has 1 aliphatic heterocycles. The summed E-state index contributed by atoms with van der Waals surface area (Å²) in [6.45, 7) is 6.75. The highest BCUT2D eigenvalue weighted by Gasteiger charge is 2.25. The number of hydrogen-bond donors (Lipinski definition) is 2. The van der Waals surface area contributed by atoms with Gasteiger partial charge in [0.05, 0.1) is 6.04 Å². The molecule has 0 spiro atoms. The summed E-state index contributed by atoms with van der Waals surface area (Å²) in [4.78, 5) is 7.19. The molecule has 2 aliphatic rings. The second-order valence-corrected chi connectivity index (χ2v) is 8.04. The first-order valence-corrected chi connectivity index (χ1v) is 8.52. The molecule has 0 amide bonds. The molecule has 0 radical (unpaired) electrons. The standard InChI is InChI=1S/C14H28N4S/c1-14(2)8-9-18(10-11-19-14)13(17-15)16-12-6-4-3-5-7-12/h12H,3-11,15H2,1-2H3,(H,16,17). The first-order chi connectivity index (χ1) is 9.11. The fraction of sp³-hybridized carbons (Fsp3) is 0.929. The van der Waals surface area contributed by atoms with Gasteiger partial charge in [-0.25, -0.2) is 10.8 Å². The van der Waals surface area contributed by atoms with E-state index in [9.17, 15) is 0 Å². The maximum absolute atomic E-state index is 5.71. The van der Waals surface area contributed by atoms with Crippen LogP contribution in [0.4, 0.5) is 0 Å². The van der Waals surface area contributed by atoms with Gasteiger partial charge in [-0.1, -0.05) is 33.1 Å². The monoisotopic (exact) mass is 284 g/mol. The molecule has 1 saturated heterocycles. The zero-order valence-corrected chi connectivity index (χ0v) is 13.1. The molecule has 2 rings (SSSR count). The first-order valence-electron chi connectivity index (χ1n) is 7.54. The Bertz CT molecular complexity index is 311. The van der Waals surface area contributed by atoms with Gasteiger partial charge in [0, 0.05) is 23.6 Å². The van der Waals surface area contributed by atoms with Crippen molar-refractivity contribution in [3.8, 4) is 0 Å². The summed E-state index contributed by atoms with van der Waals surface area (Å²) in [5.74, 6) is 7.77. The smallest absolute Gasteiger partial charge is 0.208 e. The zero-order valence-electron chi connectivity index (χ0n) is 12.3. The highest BCUT2D eigenvalue weighted by molar-refractivity contribution is 8.00. The van der Waals surface area contributed by atoms with Gasteiger partial charge in [-0.05, 0) is 19.3 Å². The number of aliphatic imine (C=N–C) groups is 1. The lowest BCUT2D eigenvalue weighted by Crippen LogP contribution is -2.46. The molecule has 5 heteroatoms. The molecule has 0 aromatic carbocycles. The lowest BCUT2D eigenvalue weighted by atomic mass is 9.96. The molecule has 1 heterocycles. The average molecular weight is 284 g/mol. The largest absolute Gasteiger partial charge is 0.341 e. The van der Waals surface area contributed by atoms with Crippen molar-refractivity contribution in [2.45, 2.75) is 63.2 Å². The molecule has 1 aliphatic carbocycles. The van der Waals surface area contributed by atoms with Gasteiger partial charge in [-0.15, -0.1) is 0 Å². The van der Waals surface area contributed by atoms with Gasteiger partial charge in [-0.2, -0.15) is 11.8 Å². The Labute approximate surface area is 121 Å². The minimum Gasteiger partial charge on any atom is -0.341 e. The minimum atomic E-state index is 0.374. The summed E-state index contributed by atoms with van der Waals surface area (Å²) in [6, 6.07) is 0.476. The Morgan fingerprint density at radius 1 is 1.26 bits per heavy atom. The predicted molar refractivity (Wildman–Crippen MR) is 84.4 cm³/mol. The molecule has 1 saturated carbocycles. The number of hydrogen-bond acceptors (Lipinski definition) is 3. The lowest BCUT2D eigenvalue weighted by Gasteiger charge is -2.27. The zero-order chi connectivity index (χ0) is 13.7. The predicted octanol–water partition coefficient (Wildman–Crippen LogP) is 2.36. The van der Waals surface area contributed by atoms with Crippen LogP contribution in [-0.2, 0) is 0 Å². The van der Waals surface area contributed by atoms with Crippen LogP contribution in [0.2, 0.25) is 0 Å². The van der Waals surface area contributed by atoms with Crippen molar-refractivity contribution < 1.29 is 0 Å². The van der Waals surface area contributed by atoms with Crippen LogP contribution >= 0.6 is 11.8 Å². The number of nitrogens with zero attached hydrogens (tertiary/aromatic N) is 2. The molecule has 0 aromatic heterocycles. The van der Waals surface area contributed by atoms with Gasteiger partial charge >= 0.3 is 0 Å². The van der Waals surface area contributed by atoms with Crippen molar-refractivity contribution in [3.63, 3.8) is 0 Å². The average Bonchev–Trinajstić information content (AvgIpc) is 2.58. The van der Waals surface area contributed by atoms with Gasteiger partial charge < -0.3 is 4.90 Å².